The molecular formula is C14H16N2O. The lowest BCUT2D eigenvalue weighted by Crippen LogP contribution is -2.16. The third-order valence-electron chi connectivity index (χ3n) is 3.02. The molecular weight excluding hydrogens is 212 g/mol. The van der Waals surface area contributed by atoms with Gasteiger partial charge >= 0.3 is 0 Å². The molecule has 1 aromatic heterocycles. The van der Waals surface area contributed by atoms with Crippen LogP contribution in [0, 0.1) is 5.92 Å². The van der Waals surface area contributed by atoms with Gasteiger partial charge in [0.2, 0.25) is 0 Å². The van der Waals surface area contributed by atoms with Crippen LogP contribution in [0.25, 0.3) is 10.9 Å². The summed E-state index contributed by atoms with van der Waals surface area (Å²) in [6.07, 6.45) is 1.72. The lowest BCUT2D eigenvalue weighted by Gasteiger charge is -2.19. The molecule has 0 N–H and O–H groups in total. The smallest absolute Gasteiger partial charge is 0.137 e. The second kappa shape index (κ2) is 4.62. The van der Waals surface area contributed by atoms with E-state index in [4.69, 9.17) is 0 Å². The van der Waals surface area contributed by atoms with Gasteiger partial charge in [0, 0.05) is 11.3 Å². The minimum Gasteiger partial charge on any atom is -0.299 e. The summed E-state index contributed by atoms with van der Waals surface area (Å²) in [7, 11) is 0. The van der Waals surface area contributed by atoms with Crippen LogP contribution in [-0.2, 0) is 4.79 Å². The first kappa shape index (κ1) is 11.7. The Kier molecular flexibility index (Phi) is 3.18. The number of rotatable bonds is 3. The SMILES string of the molecule is CC(=O)C(c1cnnc2ccccc12)C(C)C. The number of carbonyl (C=O) groups is 1. The zero-order valence-electron chi connectivity index (χ0n) is 10.3. The molecule has 0 radical (unpaired) electrons. The van der Waals surface area contributed by atoms with Crippen LogP contribution in [0.2, 0.25) is 0 Å². The van der Waals surface area contributed by atoms with Crippen molar-refractivity contribution in [3.05, 3.63) is 36.0 Å². The van der Waals surface area contributed by atoms with Gasteiger partial charge in [0.05, 0.1) is 11.7 Å². The molecule has 3 heteroatoms. The highest BCUT2D eigenvalue weighted by molar-refractivity contribution is 5.90. The van der Waals surface area contributed by atoms with Crippen LogP contribution >= 0.6 is 0 Å². The lowest BCUT2D eigenvalue weighted by molar-refractivity contribution is -0.119. The first-order valence-corrected chi connectivity index (χ1v) is 5.82. The summed E-state index contributed by atoms with van der Waals surface area (Å²) in [5.74, 6) is 0.341. The van der Waals surface area contributed by atoms with E-state index in [0.717, 1.165) is 16.5 Å². The van der Waals surface area contributed by atoms with Gasteiger partial charge in [-0.25, -0.2) is 0 Å². The maximum Gasteiger partial charge on any atom is 0.137 e. The second-order valence-electron chi connectivity index (χ2n) is 4.65. The van der Waals surface area contributed by atoms with Crippen LogP contribution in [0.4, 0.5) is 0 Å². The van der Waals surface area contributed by atoms with Crippen LogP contribution < -0.4 is 0 Å². The Balaban J connectivity index is 2.65. The molecule has 3 nitrogen and oxygen atoms in total. The average Bonchev–Trinajstić information content (AvgIpc) is 2.28. The maximum atomic E-state index is 11.8. The predicted octanol–water partition coefficient (Wildman–Crippen LogP) is 2.96. The summed E-state index contributed by atoms with van der Waals surface area (Å²) >= 11 is 0. The zero-order chi connectivity index (χ0) is 12.4. The highest BCUT2D eigenvalue weighted by Crippen LogP contribution is 2.29. The molecule has 2 aromatic rings. The molecule has 2 rings (SSSR count). The monoisotopic (exact) mass is 228 g/mol. The number of Topliss-reactive ketones (excluding diaryl/α,β-unsaturated/α-hetero) is 1. The molecule has 1 atom stereocenters. The minimum atomic E-state index is -0.101. The molecule has 0 aliphatic rings. The van der Waals surface area contributed by atoms with Crippen LogP contribution in [0.15, 0.2) is 30.5 Å². The van der Waals surface area contributed by atoms with Gasteiger partial charge in [-0.1, -0.05) is 32.0 Å². The van der Waals surface area contributed by atoms with E-state index in [9.17, 15) is 4.79 Å². The number of benzene rings is 1. The fourth-order valence-electron chi connectivity index (χ4n) is 2.32. The molecule has 0 amide bonds. The van der Waals surface area contributed by atoms with Gasteiger partial charge in [0.15, 0.2) is 0 Å². The normalized spacial score (nSPS) is 12.9. The Morgan fingerprint density at radius 3 is 2.59 bits per heavy atom. The Labute approximate surface area is 101 Å². The van der Waals surface area contributed by atoms with Crippen molar-refractivity contribution < 1.29 is 4.79 Å². The van der Waals surface area contributed by atoms with Crippen LogP contribution in [0.1, 0.15) is 32.3 Å². The topological polar surface area (TPSA) is 42.9 Å². The Bertz CT molecular complexity index is 543. The molecule has 1 aromatic carbocycles. The van der Waals surface area contributed by atoms with E-state index in [0.29, 0.717) is 0 Å². The van der Waals surface area contributed by atoms with Gasteiger partial charge in [-0.05, 0) is 24.5 Å². The standard InChI is InChI=1S/C14H16N2O/c1-9(2)14(10(3)17)12-8-15-16-13-7-5-4-6-11(12)13/h4-9,14H,1-3H3. The predicted molar refractivity (Wildman–Crippen MR) is 67.8 cm³/mol. The minimum absolute atomic E-state index is 0.101. The van der Waals surface area contributed by atoms with Crippen molar-refractivity contribution in [2.45, 2.75) is 26.7 Å². The molecule has 0 spiro atoms. The maximum absolute atomic E-state index is 11.8. The van der Waals surface area contributed by atoms with Crippen molar-refractivity contribution >= 4 is 16.7 Å². The van der Waals surface area contributed by atoms with E-state index >= 15 is 0 Å². The first-order valence-electron chi connectivity index (χ1n) is 5.82. The van der Waals surface area contributed by atoms with Crippen molar-refractivity contribution in [2.24, 2.45) is 5.92 Å². The Morgan fingerprint density at radius 2 is 1.94 bits per heavy atom. The summed E-state index contributed by atoms with van der Waals surface area (Å²) in [6.45, 7) is 5.75. The largest absolute Gasteiger partial charge is 0.299 e. The first-order chi connectivity index (χ1) is 8.11. The summed E-state index contributed by atoms with van der Waals surface area (Å²) < 4.78 is 0. The quantitative estimate of drug-likeness (QED) is 0.811. The molecule has 0 bridgehead atoms. The molecule has 1 heterocycles. The fourth-order valence-corrected chi connectivity index (χ4v) is 2.32. The van der Waals surface area contributed by atoms with Crippen molar-refractivity contribution in [3.8, 4) is 0 Å². The Hall–Kier alpha value is -1.77. The summed E-state index contributed by atoms with van der Waals surface area (Å²) in [4.78, 5) is 11.8. The van der Waals surface area contributed by atoms with E-state index in [1.54, 1.807) is 13.1 Å². The number of nitrogens with zero attached hydrogens (tertiary/aromatic N) is 2. The van der Waals surface area contributed by atoms with Gasteiger partial charge in [-0.2, -0.15) is 10.2 Å². The van der Waals surface area contributed by atoms with E-state index in [1.807, 2.05) is 24.3 Å². The number of hydrogen-bond donors (Lipinski definition) is 0. The van der Waals surface area contributed by atoms with E-state index < -0.39 is 0 Å². The van der Waals surface area contributed by atoms with Gasteiger partial charge in [-0.15, -0.1) is 0 Å². The number of ketones is 1. The summed E-state index contributed by atoms with van der Waals surface area (Å²) in [6, 6.07) is 7.81. The van der Waals surface area contributed by atoms with Crippen molar-refractivity contribution in [2.75, 3.05) is 0 Å². The second-order valence-corrected chi connectivity index (χ2v) is 4.65. The summed E-state index contributed by atoms with van der Waals surface area (Å²) in [5, 5.41) is 9.10. The van der Waals surface area contributed by atoms with Crippen molar-refractivity contribution in [3.63, 3.8) is 0 Å². The molecule has 0 aliphatic heterocycles. The van der Waals surface area contributed by atoms with Gasteiger partial charge in [0.25, 0.3) is 0 Å². The van der Waals surface area contributed by atoms with Crippen molar-refractivity contribution in [1.82, 2.24) is 10.2 Å². The average molecular weight is 228 g/mol. The summed E-state index contributed by atoms with van der Waals surface area (Å²) in [5.41, 5.74) is 1.83. The van der Waals surface area contributed by atoms with Crippen molar-refractivity contribution in [1.29, 1.82) is 0 Å². The van der Waals surface area contributed by atoms with Crippen LogP contribution in [0.5, 0.6) is 0 Å². The van der Waals surface area contributed by atoms with Gasteiger partial charge < -0.3 is 0 Å². The van der Waals surface area contributed by atoms with Crippen LogP contribution in [0.3, 0.4) is 0 Å². The van der Waals surface area contributed by atoms with Gasteiger partial charge in [0.1, 0.15) is 5.78 Å². The number of aromatic nitrogens is 2. The van der Waals surface area contributed by atoms with E-state index in [-0.39, 0.29) is 17.6 Å². The molecule has 1 unspecified atom stereocenters. The highest BCUT2D eigenvalue weighted by Gasteiger charge is 2.23. The molecule has 0 saturated heterocycles. The fraction of sp³-hybridized carbons (Fsp3) is 0.357. The Morgan fingerprint density at radius 1 is 1.24 bits per heavy atom. The number of fused-ring (bicyclic) bond motifs is 1. The molecule has 0 aliphatic carbocycles. The van der Waals surface area contributed by atoms with Gasteiger partial charge in [-0.3, -0.25) is 4.79 Å². The molecule has 0 saturated carbocycles. The molecule has 88 valence electrons. The highest BCUT2D eigenvalue weighted by atomic mass is 16.1. The van der Waals surface area contributed by atoms with E-state index in [1.165, 1.54) is 0 Å². The third-order valence-corrected chi connectivity index (χ3v) is 3.02. The molecule has 17 heavy (non-hydrogen) atoms. The van der Waals surface area contributed by atoms with Crippen LogP contribution in [-0.4, -0.2) is 16.0 Å². The third kappa shape index (κ3) is 2.18. The molecule has 0 fully saturated rings. The van der Waals surface area contributed by atoms with E-state index in [2.05, 4.69) is 24.0 Å². The zero-order valence-corrected chi connectivity index (χ0v) is 10.3. The lowest BCUT2D eigenvalue weighted by atomic mass is 9.84. The number of carbonyl (C=O) groups excluding carboxylic acids is 1. The number of hydrogen-bond acceptors (Lipinski definition) is 3.